The van der Waals surface area contributed by atoms with Gasteiger partial charge in [-0.3, -0.25) is 9.59 Å². The van der Waals surface area contributed by atoms with Crippen LogP contribution in [0.25, 0.3) is 22.2 Å². The van der Waals surface area contributed by atoms with Crippen LogP contribution in [0.5, 0.6) is 0 Å². The Morgan fingerprint density at radius 1 is 1.00 bits per heavy atom. The second-order valence-corrected chi connectivity index (χ2v) is 8.80. The van der Waals surface area contributed by atoms with Gasteiger partial charge in [0.1, 0.15) is 11.6 Å². The van der Waals surface area contributed by atoms with Gasteiger partial charge in [-0.15, -0.1) is 0 Å². The van der Waals surface area contributed by atoms with Gasteiger partial charge in [0.25, 0.3) is 11.1 Å². The van der Waals surface area contributed by atoms with E-state index in [2.05, 4.69) is 15.1 Å². The highest BCUT2D eigenvalue weighted by molar-refractivity contribution is 5.86. The molecule has 14 heteroatoms. The number of aromatic nitrogens is 5. The zero-order chi connectivity index (χ0) is 29.4. The average molecular weight is 562 g/mol. The molecule has 40 heavy (non-hydrogen) atoms. The number of aryl methyl sites for hydroxylation is 1. The van der Waals surface area contributed by atoms with Gasteiger partial charge < -0.3 is 10.3 Å². The maximum atomic E-state index is 14.2. The third kappa shape index (κ3) is 7.04. The van der Waals surface area contributed by atoms with E-state index in [1.165, 1.54) is 80.9 Å². The molecule has 4 aromatic rings. The van der Waals surface area contributed by atoms with E-state index in [1.54, 1.807) is 5.10 Å². The molecule has 3 heterocycles. The molecule has 0 saturated heterocycles. The first-order chi connectivity index (χ1) is 19.0. The topological polar surface area (TPSA) is 143 Å². The molecule has 0 aliphatic heterocycles. The zero-order valence-corrected chi connectivity index (χ0v) is 21.2. The number of nitrogen functional groups attached to an aromatic ring is 1. The number of hydrogen-bond donors (Lipinski definition) is 2. The molecule has 3 aromatic heterocycles. The van der Waals surface area contributed by atoms with Crippen LogP contribution in [0.4, 0.5) is 27.6 Å². The summed E-state index contributed by atoms with van der Waals surface area (Å²) in [5, 5.41) is 13.4. The first-order valence-corrected chi connectivity index (χ1v) is 12.1. The summed E-state index contributed by atoms with van der Waals surface area (Å²) >= 11 is 0. The van der Waals surface area contributed by atoms with Gasteiger partial charge in [0, 0.05) is 25.6 Å². The Bertz CT molecular complexity index is 1630. The van der Waals surface area contributed by atoms with Gasteiger partial charge >= 0.3 is 6.18 Å². The Balaban J connectivity index is 0.000000204. The predicted molar refractivity (Wildman–Crippen MR) is 137 cm³/mol. The van der Waals surface area contributed by atoms with Gasteiger partial charge in [-0.25, -0.2) is 23.8 Å². The molecule has 1 aliphatic rings. The molecule has 1 aliphatic carbocycles. The fourth-order valence-electron chi connectivity index (χ4n) is 3.88. The largest absolute Gasteiger partial charge is 0.423 e. The summed E-state index contributed by atoms with van der Waals surface area (Å²) in [6.07, 6.45) is 8.90. The lowest BCUT2D eigenvalue weighted by Gasteiger charge is -2.07. The Morgan fingerprint density at radius 3 is 2.05 bits per heavy atom. The number of pyridine rings is 1. The fourth-order valence-corrected chi connectivity index (χ4v) is 3.88. The third-order valence-corrected chi connectivity index (χ3v) is 5.94. The number of nitrogens with zero attached hydrogens (tertiary/aromatic N) is 5. The van der Waals surface area contributed by atoms with Crippen LogP contribution in [-0.4, -0.2) is 24.7 Å². The Hall–Kier alpha value is -4.67. The van der Waals surface area contributed by atoms with Crippen molar-refractivity contribution in [2.45, 2.75) is 44.7 Å². The number of hydrogen-bond acceptors (Lipinski definition) is 7. The maximum absolute atomic E-state index is 14.2. The summed E-state index contributed by atoms with van der Waals surface area (Å²) in [7, 11) is 1.46. The number of rotatable bonds is 1. The van der Waals surface area contributed by atoms with Gasteiger partial charge in [-0.2, -0.15) is 23.5 Å². The number of fused-ring (bicyclic) bond motifs is 1. The lowest BCUT2D eigenvalue weighted by Crippen LogP contribution is -2.24. The highest BCUT2D eigenvalue weighted by atomic mass is 19.4. The molecule has 0 spiro atoms. The molecule has 0 radical (unpaired) electrons. The molecule has 1 saturated carbocycles. The Kier molecular flexibility index (Phi) is 9.65. The van der Waals surface area contributed by atoms with E-state index in [-0.39, 0.29) is 27.7 Å². The van der Waals surface area contributed by atoms with E-state index in [0.29, 0.717) is 0 Å². The van der Waals surface area contributed by atoms with Crippen LogP contribution < -0.4 is 16.9 Å². The SMILES string of the molecule is C1CCCCC1.Cn1ccc2cc(-c3ncc(C#N)cn3)c(F)c(F)c2c1=O.Nc1cn[nH]c(=O)c1C(F)(F)F. The summed E-state index contributed by atoms with van der Waals surface area (Å²) in [5.41, 5.74) is 0.914. The highest BCUT2D eigenvalue weighted by Crippen LogP contribution is 2.29. The van der Waals surface area contributed by atoms with Gasteiger partial charge in [-0.1, -0.05) is 38.5 Å². The fraction of sp³-hybridized carbons (Fsp3) is 0.308. The number of H-pyrrole nitrogens is 1. The van der Waals surface area contributed by atoms with Crippen LogP contribution in [-0.2, 0) is 13.2 Å². The average Bonchev–Trinajstić information content (AvgIpc) is 2.93. The molecule has 0 amide bonds. The normalized spacial score (nSPS) is 12.9. The first-order valence-electron chi connectivity index (χ1n) is 12.1. The molecular formula is C26H24F5N7O2. The smallest absolute Gasteiger partial charge is 0.397 e. The van der Waals surface area contributed by atoms with E-state index < -0.39 is 40.2 Å². The minimum atomic E-state index is -4.74. The summed E-state index contributed by atoms with van der Waals surface area (Å²) < 4.78 is 65.6. The van der Waals surface area contributed by atoms with E-state index >= 15 is 0 Å². The van der Waals surface area contributed by atoms with Gasteiger partial charge in [-0.05, 0) is 17.5 Å². The number of nitrogens with one attached hydrogen (secondary N) is 1. The van der Waals surface area contributed by atoms with Crippen molar-refractivity contribution in [2.24, 2.45) is 7.05 Å². The number of benzene rings is 1. The van der Waals surface area contributed by atoms with Crippen molar-refractivity contribution in [3.63, 3.8) is 0 Å². The molecule has 5 rings (SSSR count). The summed E-state index contributed by atoms with van der Waals surface area (Å²) in [5.74, 6) is -2.49. The summed E-state index contributed by atoms with van der Waals surface area (Å²) in [6, 6.07) is 4.66. The molecule has 0 unspecified atom stereocenters. The zero-order valence-electron chi connectivity index (χ0n) is 21.2. The first kappa shape index (κ1) is 29.9. The van der Waals surface area contributed by atoms with E-state index in [1.807, 2.05) is 6.07 Å². The van der Waals surface area contributed by atoms with Crippen LogP contribution in [0.1, 0.15) is 49.7 Å². The van der Waals surface area contributed by atoms with Crippen LogP contribution in [0, 0.1) is 23.0 Å². The van der Waals surface area contributed by atoms with Crippen molar-refractivity contribution in [2.75, 3.05) is 5.73 Å². The molecule has 3 N–H and O–H groups in total. The van der Waals surface area contributed by atoms with E-state index in [4.69, 9.17) is 11.0 Å². The monoisotopic (exact) mass is 561 g/mol. The van der Waals surface area contributed by atoms with Crippen molar-refractivity contribution in [3.05, 3.63) is 80.4 Å². The second kappa shape index (κ2) is 12.9. The van der Waals surface area contributed by atoms with Gasteiger partial charge in [0.2, 0.25) is 0 Å². The molecule has 1 fully saturated rings. The summed E-state index contributed by atoms with van der Waals surface area (Å²) in [6.45, 7) is 0. The van der Waals surface area contributed by atoms with E-state index in [0.717, 1.165) is 6.20 Å². The van der Waals surface area contributed by atoms with Crippen LogP contribution in [0.2, 0.25) is 0 Å². The Morgan fingerprint density at radius 2 is 1.57 bits per heavy atom. The quantitative estimate of drug-likeness (QED) is 0.316. The van der Waals surface area contributed by atoms with Gasteiger partial charge in [0.05, 0.1) is 28.4 Å². The van der Waals surface area contributed by atoms with Crippen molar-refractivity contribution < 1.29 is 22.0 Å². The minimum Gasteiger partial charge on any atom is -0.397 e. The van der Waals surface area contributed by atoms with Crippen LogP contribution in [0.15, 0.2) is 46.5 Å². The number of halogens is 5. The molecular weight excluding hydrogens is 537 g/mol. The van der Waals surface area contributed by atoms with Crippen molar-refractivity contribution in [1.82, 2.24) is 24.7 Å². The lowest BCUT2D eigenvalue weighted by molar-refractivity contribution is -0.138. The van der Waals surface area contributed by atoms with Crippen molar-refractivity contribution >= 4 is 16.5 Å². The number of nitriles is 1. The third-order valence-electron chi connectivity index (χ3n) is 5.94. The molecule has 0 atom stereocenters. The number of alkyl halides is 3. The molecule has 1 aromatic carbocycles. The standard InChI is InChI=1S/C15H8F2N4O.C6H12.C5H4F3N3O/c1-21-3-2-9-4-10(12(16)13(17)11(9)15(21)22)14-19-6-8(5-18)7-20-14;1-2-4-6-5-3-1;6-5(7,8)3-2(9)1-10-11-4(3)12/h2-4,6-7H,1H3;1-6H2;1H,(H3,9,11,12). The van der Waals surface area contributed by atoms with E-state index in [9.17, 15) is 31.5 Å². The molecule has 0 bridgehead atoms. The second-order valence-electron chi connectivity index (χ2n) is 8.80. The van der Waals surface area contributed by atoms with Crippen molar-refractivity contribution in [1.29, 1.82) is 5.26 Å². The lowest BCUT2D eigenvalue weighted by atomic mass is 10.0. The maximum Gasteiger partial charge on any atom is 0.423 e. The number of aromatic amines is 1. The van der Waals surface area contributed by atoms with Crippen LogP contribution in [0.3, 0.4) is 0 Å². The van der Waals surface area contributed by atoms with Crippen molar-refractivity contribution in [3.8, 4) is 17.5 Å². The molecule has 9 nitrogen and oxygen atoms in total. The predicted octanol–water partition coefficient (Wildman–Crippen LogP) is 4.86. The summed E-state index contributed by atoms with van der Waals surface area (Å²) in [4.78, 5) is 30.2. The highest BCUT2D eigenvalue weighted by Gasteiger charge is 2.36. The minimum absolute atomic E-state index is 0.0574. The Labute approximate surface area is 224 Å². The number of nitrogens with two attached hydrogens (primary N) is 1. The van der Waals surface area contributed by atoms with Crippen LogP contribution >= 0.6 is 0 Å². The van der Waals surface area contributed by atoms with Gasteiger partial charge in [0.15, 0.2) is 17.5 Å². The number of anilines is 1. The molecule has 210 valence electrons.